The first kappa shape index (κ1) is 22.3. The van der Waals surface area contributed by atoms with E-state index in [1.165, 1.54) is 11.8 Å². The van der Waals surface area contributed by atoms with Crippen molar-refractivity contribution in [3.8, 4) is 10.7 Å². The molecule has 0 unspecified atom stereocenters. The van der Waals surface area contributed by atoms with Gasteiger partial charge in [-0.15, -0.1) is 21.5 Å². The second-order valence-corrected chi connectivity index (χ2v) is 9.10. The van der Waals surface area contributed by atoms with E-state index in [2.05, 4.69) is 26.9 Å². The van der Waals surface area contributed by atoms with Gasteiger partial charge in [-0.25, -0.2) is 4.79 Å². The second-order valence-electron chi connectivity index (χ2n) is 7.21. The van der Waals surface area contributed by atoms with Gasteiger partial charge >= 0.3 is 6.09 Å². The number of hydrogen-bond acceptors (Lipinski definition) is 7. The third-order valence-corrected chi connectivity index (χ3v) is 6.94. The fourth-order valence-corrected chi connectivity index (χ4v) is 5.02. The molecule has 1 fully saturated rings. The number of benzene rings is 1. The Hall–Kier alpha value is -2.85. The highest BCUT2D eigenvalue weighted by Crippen LogP contribution is 2.28. The maximum Gasteiger partial charge on any atom is 0.409 e. The van der Waals surface area contributed by atoms with Gasteiger partial charge in [0.2, 0.25) is 5.91 Å². The molecule has 0 radical (unpaired) electrons. The van der Waals surface area contributed by atoms with Crippen LogP contribution in [0.3, 0.4) is 0 Å². The van der Waals surface area contributed by atoms with E-state index in [1.54, 1.807) is 28.1 Å². The number of hydrogen-bond donors (Lipinski definition) is 0. The molecule has 2 amide bonds. The summed E-state index contributed by atoms with van der Waals surface area (Å²) in [5.74, 6) is 1.11. The van der Waals surface area contributed by atoms with Crippen molar-refractivity contribution in [3.05, 3.63) is 53.4 Å². The zero-order valence-corrected chi connectivity index (χ0v) is 19.5. The van der Waals surface area contributed by atoms with E-state index in [0.717, 1.165) is 21.4 Å². The Labute approximate surface area is 195 Å². The van der Waals surface area contributed by atoms with Crippen LogP contribution in [0.5, 0.6) is 0 Å². The molecule has 3 aromatic rings. The SMILES string of the molecule is CCOC(=O)N1CCN(C(=O)CSc2nnc(-c3cccs3)n2Cc2ccccc2)CC1. The Morgan fingerprint density at radius 2 is 1.78 bits per heavy atom. The minimum atomic E-state index is -0.316. The lowest BCUT2D eigenvalue weighted by Crippen LogP contribution is -2.51. The molecule has 1 aliphatic rings. The number of thiophene rings is 1. The summed E-state index contributed by atoms with van der Waals surface area (Å²) in [7, 11) is 0. The number of thioether (sulfide) groups is 1. The molecule has 1 aliphatic heterocycles. The normalized spacial score (nSPS) is 13.9. The van der Waals surface area contributed by atoms with E-state index in [0.29, 0.717) is 39.3 Å². The Morgan fingerprint density at radius 3 is 2.47 bits per heavy atom. The summed E-state index contributed by atoms with van der Waals surface area (Å²) in [6.07, 6.45) is -0.316. The molecule has 0 spiro atoms. The van der Waals surface area contributed by atoms with Crippen LogP contribution in [-0.4, -0.2) is 75.1 Å². The standard InChI is InChI=1S/C22H25N5O3S2/c1-2-30-22(29)26-12-10-25(11-13-26)19(28)16-32-21-24-23-20(18-9-6-14-31-18)27(21)15-17-7-4-3-5-8-17/h3-9,14H,2,10-13,15-16H2,1H3. The number of aromatic nitrogens is 3. The van der Waals surface area contributed by atoms with Crippen LogP contribution in [0.4, 0.5) is 4.79 Å². The smallest absolute Gasteiger partial charge is 0.409 e. The predicted octanol–water partition coefficient (Wildman–Crippen LogP) is 3.45. The number of rotatable bonds is 7. The van der Waals surface area contributed by atoms with Crippen LogP contribution in [0.15, 0.2) is 53.0 Å². The molecule has 2 aromatic heterocycles. The van der Waals surface area contributed by atoms with Crippen molar-refractivity contribution < 1.29 is 14.3 Å². The van der Waals surface area contributed by atoms with Crippen LogP contribution < -0.4 is 0 Å². The minimum Gasteiger partial charge on any atom is -0.450 e. The van der Waals surface area contributed by atoms with E-state index in [4.69, 9.17) is 4.74 Å². The Bertz CT molecular complexity index is 1030. The first-order chi connectivity index (χ1) is 15.7. The maximum absolute atomic E-state index is 12.8. The molecule has 0 N–H and O–H groups in total. The molecule has 0 saturated carbocycles. The van der Waals surface area contributed by atoms with Crippen molar-refractivity contribution in [2.24, 2.45) is 0 Å². The lowest BCUT2D eigenvalue weighted by atomic mass is 10.2. The Balaban J connectivity index is 1.41. The van der Waals surface area contributed by atoms with Gasteiger partial charge in [-0.1, -0.05) is 48.2 Å². The van der Waals surface area contributed by atoms with Crippen molar-refractivity contribution in [1.29, 1.82) is 0 Å². The molecule has 4 rings (SSSR count). The van der Waals surface area contributed by atoms with E-state index in [-0.39, 0.29) is 17.8 Å². The number of nitrogens with zero attached hydrogens (tertiary/aromatic N) is 5. The average Bonchev–Trinajstić information content (AvgIpc) is 3.48. The van der Waals surface area contributed by atoms with Gasteiger partial charge in [-0.2, -0.15) is 0 Å². The summed E-state index contributed by atoms with van der Waals surface area (Å²) < 4.78 is 7.11. The molecule has 10 heteroatoms. The van der Waals surface area contributed by atoms with Crippen molar-refractivity contribution in [1.82, 2.24) is 24.6 Å². The molecule has 8 nitrogen and oxygen atoms in total. The summed E-state index contributed by atoms with van der Waals surface area (Å²) in [4.78, 5) is 29.1. The number of carbonyl (C=O) groups excluding carboxylic acids is 2. The lowest BCUT2D eigenvalue weighted by Gasteiger charge is -2.34. The second kappa shape index (κ2) is 10.6. The van der Waals surface area contributed by atoms with Gasteiger partial charge in [-0.05, 0) is 23.9 Å². The largest absolute Gasteiger partial charge is 0.450 e. The summed E-state index contributed by atoms with van der Waals surface area (Å²) >= 11 is 3.02. The summed E-state index contributed by atoms with van der Waals surface area (Å²) in [5.41, 5.74) is 1.15. The van der Waals surface area contributed by atoms with E-state index < -0.39 is 0 Å². The predicted molar refractivity (Wildman–Crippen MR) is 125 cm³/mol. The fraction of sp³-hybridized carbons (Fsp3) is 0.364. The zero-order chi connectivity index (χ0) is 22.3. The maximum atomic E-state index is 12.8. The van der Waals surface area contributed by atoms with Gasteiger partial charge in [0.25, 0.3) is 0 Å². The van der Waals surface area contributed by atoms with Gasteiger partial charge < -0.3 is 14.5 Å². The van der Waals surface area contributed by atoms with Gasteiger partial charge in [0.1, 0.15) is 0 Å². The quantitative estimate of drug-likeness (QED) is 0.491. The summed E-state index contributed by atoms with van der Waals surface area (Å²) in [5, 5.41) is 11.5. The minimum absolute atomic E-state index is 0.0328. The van der Waals surface area contributed by atoms with Crippen LogP contribution in [0.2, 0.25) is 0 Å². The Morgan fingerprint density at radius 1 is 1.03 bits per heavy atom. The summed E-state index contributed by atoms with van der Waals surface area (Å²) in [6.45, 7) is 4.77. The highest BCUT2D eigenvalue weighted by molar-refractivity contribution is 7.99. The van der Waals surface area contributed by atoms with Crippen molar-refractivity contribution in [2.75, 3.05) is 38.5 Å². The molecular formula is C22H25N5O3S2. The van der Waals surface area contributed by atoms with Crippen LogP contribution in [0, 0.1) is 0 Å². The number of ether oxygens (including phenoxy) is 1. The molecule has 1 aromatic carbocycles. The molecule has 3 heterocycles. The van der Waals surface area contributed by atoms with E-state index >= 15 is 0 Å². The topological polar surface area (TPSA) is 80.6 Å². The van der Waals surface area contributed by atoms with Gasteiger partial charge in [0.15, 0.2) is 11.0 Å². The number of piperazine rings is 1. The molecule has 0 atom stereocenters. The first-order valence-corrected chi connectivity index (χ1v) is 12.4. The van der Waals surface area contributed by atoms with Crippen molar-refractivity contribution >= 4 is 35.1 Å². The number of carbonyl (C=O) groups is 2. The first-order valence-electron chi connectivity index (χ1n) is 10.5. The molecule has 1 saturated heterocycles. The summed E-state index contributed by atoms with van der Waals surface area (Å²) in [6, 6.07) is 14.2. The molecular weight excluding hydrogens is 446 g/mol. The van der Waals surface area contributed by atoms with E-state index in [9.17, 15) is 9.59 Å². The molecule has 32 heavy (non-hydrogen) atoms. The fourth-order valence-electron chi connectivity index (χ4n) is 3.46. The van der Waals surface area contributed by atoms with Crippen molar-refractivity contribution in [3.63, 3.8) is 0 Å². The van der Waals surface area contributed by atoms with Crippen LogP contribution in [-0.2, 0) is 16.1 Å². The third kappa shape index (κ3) is 5.31. The third-order valence-electron chi connectivity index (χ3n) is 5.13. The highest BCUT2D eigenvalue weighted by atomic mass is 32.2. The monoisotopic (exact) mass is 471 g/mol. The highest BCUT2D eigenvalue weighted by Gasteiger charge is 2.25. The van der Waals surface area contributed by atoms with E-state index in [1.807, 2.05) is 35.7 Å². The zero-order valence-electron chi connectivity index (χ0n) is 17.8. The molecule has 168 valence electrons. The number of amides is 2. The molecule has 0 aliphatic carbocycles. The van der Waals surface area contributed by atoms with Crippen LogP contribution in [0.1, 0.15) is 12.5 Å². The van der Waals surface area contributed by atoms with Crippen LogP contribution in [0.25, 0.3) is 10.7 Å². The van der Waals surface area contributed by atoms with Gasteiger partial charge in [-0.3, -0.25) is 9.36 Å². The molecule has 0 bridgehead atoms. The lowest BCUT2D eigenvalue weighted by molar-refractivity contribution is -0.129. The van der Waals surface area contributed by atoms with Crippen molar-refractivity contribution in [2.45, 2.75) is 18.6 Å². The van der Waals surface area contributed by atoms with Crippen LogP contribution >= 0.6 is 23.1 Å². The Kier molecular flexibility index (Phi) is 7.43. The average molecular weight is 472 g/mol. The van der Waals surface area contributed by atoms with Gasteiger partial charge in [0.05, 0.1) is 23.8 Å². The van der Waals surface area contributed by atoms with Gasteiger partial charge in [0, 0.05) is 26.2 Å².